The van der Waals surface area contributed by atoms with Crippen LogP contribution in [0.5, 0.6) is 0 Å². The fourth-order valence-corrected chi connectivity index (χ4v) is 3.02. The average molecular weight is 513 g/mol. The number of nitrogens with zero attached hydrogens (tertiary/aromatic N) is 1. The van der Waals surface area contributed by atoms with Crippen molar-refractivity contribution >= 4 is 11.9 Å². The maximum absolute atomic E-state index is 11.9. The van der Waals surface area contributed by atoms with Crippen LogP contribution in [-0.4, -0.2) is 86.5 Å². The van der Waals surface area contributed by atoms with Crippen molar-refractivity contribution in [3.05, 3.63) is 36.5 Å². The van der Waals surface area contributed by atoms with Crippen LogP contribution in [0, 0.1) is 0 Å². The van der Waals surface area contributed by atoms with Crippen molar-refractivity contribution in [2.24, 2.45) is 0 Å². The van der Waals surface area contributed by atoms with Crippen molar-refractivity contribution in [1.82, 2.24) is 0 Å². The lowest BCUT2D eigenvalue weighted by Crippen LogP contribution is -2.40. The number of aliphatic carboxylic acids is 1. The SMILES string of the molecule is CC/C=C\C/C=C\C/C=C\CCCCCCCC(=O)OCC(O)COC(OCC[N+](C)(C)C)C(=O)O. The molecule has 0 saturated heterocycles. The van der Waals surface area contributed by atoms with Gasteiger partial charge >= 0.3 is 11.9 Å². The van der Waals surface area contributed by atoms with Crippen LogP contribution in [0.2, 0.25) is 0 Å². The first-order chi connectivity index (χ1) is 17.2. The van der Waals surface area contributed by atoms with E-state index in [4.69, 9.17) is 19.3 Å². The van der Waals surface area contributed by atoms with Gasteiger partial charge in [-0.1, -0.05) is 62.6 Å². The Morgan fingerprint density at radius 2 is 1.44 bits per heavy atom. The van der Waals surface area contributed by atoms with Crippen molar-refractivity contribution in [1.29, 1.82) is 0 Å². The third-order valence-corrected chi connectivity index (χ3v) is 5.14. The van der Waals surface area contributed by atoms with Gasteiger partial charge in [-0.2, -0.15) is 0 Å². The first kappa shape index (κ1) is 34.0. The summed E-state index contributed by atoms with van der Waals surface area (Å²) in [4.78, 5) is 23.1. The van der Waals surface area contributed by atoms with Gasteiger partial charge < -0.3 is 28.9 Å². The molecule has 0 radical (unpaired) electrons. The predicted octanol–water partition coefficient (Wildman–Crippen LogP) is 4.63. The van der Waals surface area contributed by atoms with Crippen LogP contribution in [0.4, 0.5) is 0 Å². The Labute approximate surface area is 218 Å². The number of rotatable bonds is 23. The largest absolute Gasteiger partial charge is 0.477 e. The number of carbonyl (C=O) groups excluding carboxylic acids is 1. The zero-order chi connectivity index (χ0) is 27.1. The van der Waals surface area contributed by atoms with Crippen molar-refractivity contribution in [3.63, 3.8) is 0 Å². The molecule has 0 fully saturated rings. The Bertz CT molecular complexity index is 653. The van der Waals surface area contributed by atoms with Gasteiger partial charge in [0, 0.05) is 6.42 Å². The fraction of sp³-hybridized carbons (Fsp3) is 0.714. The normalized spacial score (nSPS) is 14.1. The zero-order valence-corrected chi connectivity index (χ0v) is 22.9. The van der Waals surface area contributed by atoms with Gasteiger partial charge in [-0.3, -0.25) is 4.79 Å². The summed E-state index contributed by atoms with van der Waals surface area (Å²) in [5, 5.41) is 19.1. The molecule has 0 aromatic heterocycles. The van der Waals surface area contributed by atoms with Crippen molar-refractivity contribution in [3.8, 4) is 0 Å². The standard InChI is InChI=1S/C28H49NO7/c1-5-6-7-8-9-10-11-12-13-14-15-16-17-18-19-20-26(31)35-23-25(30)24-36-28(27(32)33)34-22-21-29(2,3)4/h6-7,9-10,12-13,25,28,30H,5,8,11,14-24H2,1-4H3/p+1/b7-6-,10-9-,13-12-. The second-order valence-electron chi connectivity index (χ2n) is 9.83. The highest BCUT2D eigenvalue weighted by molar-refractivity contribution is 5.70. The van der Waals surface area contributed by atoms with E-state index in [1.807, 2.05) is 21.1 Å². The van der Waals surface area contributed by atoms with E-state index in [9.17, 15) is 14.7 Å². The quantitative estimate of drug-likeness (QED) is 0.0676. The number of aliphatic hydroxyl groups excluding tert-OH is 1. The predicted molar refractivity (Wildman–Crippen MR) is 142 cm³/mol. The van der Waals surface area contributed by atoms with E-state index in [2.05, 4.69) is 43.4 Å². The number of hydrogen-bond donors (Lipinski definition) is 2. The van der Waals surface area contributed by atoms with Gasteiger partial charge in [0.25, 0.3) is 6.29 Å². The topological polar surface area (TPSA) is 102 Å². The van der Waals surface area contributed by atoms with E-state index in [-0.39, 0.29) is 25.8 Å². The highest BCUT2D eigenvalue weighted by Gasteiger charge is 2.22. The molecule has 0 aliphatic heterocycles. The minimum Gasteiger partial charge on any atom is -0.477 e. The lowest BCUT2D eigenvalue weighted by Gasteiger charge is -2.24. The number of unbranched alkanes of at least 4 members (excludes halogenated alkanes) is 5. The van der Waals surface area contributed by atoms with E-state index < -0.39 is 18.4 Å². The summed E-state index contributed by atoms with van der Waals surface area (Å²) in [6.07, 6.45) is 20.1. The van der Waals surface area contributed by atoms with Crippen LogP contribution in [0.15, 0.2) is 36.5 Å². The van der Waals surface area contributed by atoms with Gasteiger partial charge in [0.15, 0.2) is 0 Å². The second kappa shape index (κ2) is 22.2. The van der Waals surface area contributed by atoms with E-state index in [1.165, 1.54) is 0 Å². The van der Waals surface area contributed by atoms with Crippen LogP contribution in [-0.2, 0) is 23.8 Å². The number of likely N-dealkylation sites (N-methyl/N-ethyl adjacent to an activating group) is 1. The number of hydrogen-bond acceptors (Lipinski definition) is 6. The number of allylic oxidation sites excluding steroid dienone is 6. The summed E-state index contributed by atoms with van der Waals surface area (Å²) in [6, 6.07) is 0. The monoisotopic (exact) mass is 512 g/mol. The van der Waals surface area contributed by atoms with E-state index in [0.29, 0.717) is 17.4 Å². The summed E-state index contributed by atoms with van der Waals surface area (Å²) in [7, 11) is 5.89. The second-order valence-corrected chi connectivity index (χ2v) is 9.83. The van der Waals surface area contributed by atoms with Gasteiger partial charge in [-0.25, -0.2) is 4.79 Å². The average Bonchev–Trinajstić information content (AvgIpc) is 2.81. The lowest BCUT2D eigenvalue weighted by atomic mass is 10.1. The third-order valence-electron chi connectivity index (χ3n) is 5.14. The summed E-state index contributed by atoms with van der Waals surface area (Å²) < 4.78 is 16.0. The molecular formula is C28H50NO7+. The maximum atomic E-state index is 11.9. The third kappa shape index (κ3) is 23.7. The molecule has 0 aliphatic carbocycles. The molecule has 0 saturated carbocycles. The molecule has 0 spiro atoms. The van der Waals surface area contributed by atoms with Gasteiger partial charge in [0.05, 0.1) is 34.4 Å². The molecule has 208 valence electrons. The maximum Gasteiger partial charge on any atom is 0.361 e. The molecule has 0 aromatic carbocycles. The van der Waals surface area contributed by atoms with Gasteiger partial charge in [0.2, 0.25) is 0 Å². The molecule has 2 N–H and O–H groups in total. The number of quaternary nitrogens is 1. The van der Waals surface area contributed by atoms with Gasteiger partial charge in [0.1, 0.15) is 19.3 Å². The Hall–Kier alpha value is -2.00. The van der Waals surface area contributed by atoms with Crippen LogP contribution in [0.25, 0.3) is 0 Å². The highest BCUT2D eigenvalue weighted by Crippen LogP contribution is 2.09. The fourth-order valence-electron chi connectivity index (χ4n) is 3.02. The molecule has 0 aromatic rings. The van der Waals surface area contributed by atoms with E-state index in [1.54, 1.807) is 0 Å². The van der Waals surface area contributed by atoms with Crippen molar-refractivity contribution in [2.75, 3.05) is 47.5 Å². The molecule has 0 aliphatic rings. The number of esters is 1. The van der Waals surface area contributed by atoms with E-state index in [0.717, 1.165) is 57.8 Å². The highest BCUT2D eigenvalue weighted by atomic mass is 16.7. The Kier molecular flexibility index (Phi) is 21.0. The molecule has 0 heterocycles. The number of aliphatic hydroxyl groups is 1. The van der Waals surface area contributed by atoms with Crippen LogP contribution >= 0.6 is 0 Å². The summed E-state index contributed by atoms with van der Waals surface area (Å²) in [6.45, 7) is 2.42. The number of carboxylic acid groups (broad SMARTS) is 1. The Morgan fingerprint density at radius 3 is 2.08 bits per heavy atom. The molecule has 0 amide bonds. The molecule has 8 heteroatoms. The molecule has 0 bridgehead atoms. The van der Waals surface area contributed by atoms with Gasteiger partial charge in [-0.05, 0) is 38.5 Å². The van der Waals surface area contributed by atoms with Crippen LogP contribution < -0.4 is 0 Å². The summed E-state index contributed by atoms with van der Waals surface area (Å²) >= 11 is 0. The van der Waals surface area contributed by atoms with E-state index >= 15 is 0 Å². The molecule has 36 heavy (non-hydrogen) atoms. The summed E-state index contributed by atoms with van der Waals surface area (Å²) in [5.41, 5.74) is 0. The summed E-state index contributed by atoms with van der Waals surface area (Å²) in [5.74, 6) is -1.64. The molecule has 0 rings (SSSR count). The Balaban J connectivity index is 3.73. The number of carbonyl (C=O) groups is 2. The molecule has 2 unspecified atom stereocenters. The molecule has 8 nitrogen and oxygen atoms in total. The van der Waals surface area contributed by atoms with Gasteiger partial charge in [-0.15, -0.1) is 0 Å². The molecule has 2 atom stereocenters. The minimum atomic E-state index is -1.47. The molecular weight excluding hydrogens is 462 g/mol. The zero-order valence-electron chi connectivity index (χ0n) is 22.9. The number of ether oxygens (including phenoxy) is 3. The first-order valence-electron chi connectivity index (χ1n) is 13.2. The first-order valence-corrected chi connectivity index (χ1v) is 13.2. The van der Waals surface area contributed by atoms with Crippen molar-refractivity contribution in [2.45, 2.75) is 83.5 Å². The minimum absolute atomic E-state index is 0.206. The van der Waals surface area contributed by atoms with Crippen molar-refractivity contribution < 1.29 is 38.5 Å². The number of carboxylic acids is 1. The van der Waals surface area contributed by atoms with Crippen LogP contribution in [0.3, 0.4) is 0 Å². The lowest BCUT2D eigenvalue weighted by molar-refractivity contribution is -0.870. The smallest absolute Gasteiger partial charge is 0.361 e. The Morgan fingerprint density at radius 1 is 0.833 bits per heavy atom. The van der Waals surface area contributed by atoms with Crippen LogP contribution in [0.1, 0.15) is 71.1 Å².